The number of benzene rings is 1. The molecular formula is C23H31ClN6O. The Morgan fingerprint density at radius 3 is 2.61 bits per heavy atom. The molecule has 1 aromatic carbocycles. The predicted molar refractivity (Wildman–Crippen MR) is 127 cm³/mol. The molecule has 0 radical (unpaired) electrons. The summed E-state index contributed by atoms with van der Waals surface area (Å²) in [4.78, 5) is 16.2. The molecule has 3 heterocycles. The third kappa shape index (κ3) is 5.22. The Bertz CT molecular complexity index is 907. The molecular weight excluding hydrogens is 412 g/mol. The van der Waals surface area contributed by atoms with Gasteiger partial charge in [0.2, 0.25) is 0 Å². The molecule has 8 heteroatoms. The van der Waals surface area contributed by atoms with Crippen LogP contribution in [0.1, 0.15) is 11.1 Å². The summed E-state index contributed by atoms with van der Waals surface area (Å²) in [5.41, 5.74) is 3.66. The maximum absolute atomic E-state index is 6.22. The Morgan fingerprint density at radius 1 is 1.10 bits per heavy atom. The van der Waals surface area contributed by atoms with E-state index in [0.29, 0.717) is 6.54 Å². The molecule has 2 aromatic rings. The number of aryl methyl sites for hydroxylation is 1. The lowest BCUT2D eigenvalue weighted by Crippen LogP contribution is -2.52. The Hall–Kier alpha value is -2.51. The van der Waals surface area contributed by atoms with Crippen molar-refractivity contribution in [3.63, 3.8) is 0 Å². The third-order valence-corrected chi connectivity index (χ3v) is 6.15. The van der Waals surface area contributed by atoms with Crippen molar-refractivity contribution in [3.05, 3.63) is 52.7 Å². The zero-order valence-corrected chi connectivity index (χ0v) is 19.1. The van der Waals surface area contributed by atoms with Gasteiger partial charge in [-0.3, -0.25) is 4.99 Å². The van der Waals surface area contributed by atoms with Gasteiger partial charge in [-0.05, 0) is 30.7 Å². The van der Waals surface area contributed by atoms with Crippen molar-refractivity contribution in [1.29, 1.82) is 0 Å². The van der Waals surface area contributed by atoms with Crippen LogP contribution in [0.25, 0.3) is 0 Å². The first-order chi connectivity index (χ1) is 15.2. The van der Waals surface area contributed by atoms with Gasteiger partial charge >= 0.3 is 0 Å². The van der Waals surface area contributed by atoms with Gasteiger partial charge in [0, 0.05) is 75.3 Å². The molecule has 166 valence electrons. The Kier molecular flexibility index (Phi) is 7.14. The van der Waals surface area contributed by atoms with Crippen LogP contribution in [0.3, 0.4) is 0 Å². The monoisotopic (exact) mass is 442 g/mol. The van der Waals surface area contributed by atoms with Crippen LogP contribution in [0.4, 0.5) is 11.5 Å². The quantitative estimate of drug-likeness (QED) is 0.580. The van der Waals surface area contributed by atoms with Gasteiger partial charge in [0.1, 0.15) is 5.82 Å². The van der Waals surface area contributed by atoms with Crippen LogP contribution >= 0.6 is 11.6 Å². The zero-order valence-electron chi connectivity index (χ0n) is 18.4. The Morgan fingerprint density at radius 2 is 1.87 bits per heavy atom. The summed E-state index contributed by atoms with van der Waals surface area (Å²) < 4.78 is 5.49. The van der Waals surface area contributed by atoms with Gasteiger partial charge in [0.05, 0.1) is 13.2 Å². The van der Waals surface area contributed by atoms with Crippen LogP contribution in [-0.2, 0) is 11.3 Å². The van der Waals surface area contributed by atoms with E-state index in [1.165, 1.54) is 16.8 Å². The van der Waals surface area contributed by atoms with Crippen molar-refractivity contribution < 1.29 is 4.74 Å². The maximum Gasteiger partial charge on any atom is 0.194 e. The number of hydrogen-bond donors (Lipinski definition) is 1. The first kappa shape index (κ1) is 21.7. The van der Waals surface area contributed by atoms with Gasteiger partial charge in [-0.2, -0.15) is 0 Å². The topological polar surface area (TPSA) is 56.2 Å². The van der Waals surface area contributed by atoms with Crippen LogP contribution in [-0.4, -0.2) is 75.4 Å². The number of nitrogens with zero attached hydrogens (tertiary/aromatic N) is 5. The number of aliphatic imine (C=N–C) groups is 1. The second-order valence-corrected chi connectivity index (χ2v) is 8.33. The first-order valence-electron chi connectivity index (χ1n) is 10.9. The number of nitrogens with one attached hydrogen (secondary N) is 1. The van der Waals surface area contributed by atoms with E-state index in [-0.39, 0.29) is 0 Å². The minimum atomic E-state index is 0.695. The van der Waals surface area contributed by atoms with E-state index in [9.17, 15) is 0 Å². The summed E-state index contributed by atoms with van der Waals surface area (Å²) in [6.45, 7) is 9.79. The fraction of sp³-hybridized carbons (Fsp3) is 0.478. The van der Waals surface area contributed by atoms with Crippen molar-refractivity contribution in [3.8, 4) is 0 Å². The molecule has 0 bridgehead atoms. The molecule has 2 saturated heterocycles. The highest BCUT2D eigenvalue weighted by Gasteiger charge is 2.22. The first-order valence-corrected chi connectivity index (χ1v) is 11.3. The molecule has 1 N–H and O–H groups in total. The van der Waals surface area contributed by atoms with Gasteiger partial charge < -0.3 is 24.8 Å². The molecule has 0 amide bonds. The predicted octanol–water partition coefficient (Wildman–Crippen LogP) is 2.78. The van der Waals surface area contributed by atoms with E-state index in [1.807, 2.05) is 25.4 Å². The lowest BCUT2D eigenvalue weighted by molar-refractivity contribution is 0.122. The highest BCUT2D eigenvalue weighted by molar-refractivity contribution is 6.30. The molecule has 0 unspecified atom stereocenters. The fourth-order valence-corrected chi connectivity index (χ4v) is 4.38. The smallest absolute Gasteiger partial charge is 0.194 e. The third-order valence-electron chi connectivity index (χ3n) is 5.92. The molecule has 0 spiro atoms. The van der Waals surface area contributed by atoms with E-state index in [2.05, 4.69) is 55.1 Å². The zero-order chi connectivity index (χ0) is 21.6. The molecule has 31 heavy (non-hydrogen) atoms. The summed E-state index contributed by atoms with van der Waals surface area (Å²) in [6.07, 6.45) is 1.86. The number of rotatable bonds is 4. The summed E-state index contributed by atoms with van der Waals surface area (Å²) in [5, 5.41) is 4.33. The van der Waals surface area contributed by atoms with E-state index in [1.54, 1.807) is 0 Å². The molecule has 1 aromatic heterocycles. The number of guanidine groups is 1. The summed E-state index contributed by atoms with van der Waals surface area (Å²) in [5.74, 6) is 1.97. The lowest BCUT2D eigenvalue weighted by Gasteiger charge is -2.38. The molecule has 2 fully saturated rings. The second kappa shape index (κ2) is 10.2. The minimum Gasteiger partial charge on any atom is -0.378 e. The van der Waals surface area contributed by atoms with Crippen LogP contribution in [0.2, 0.25) is 5.02 Å². The van der Waals surface area contributed by atoms with Gasteiger partial charge in [-0.1, -0.05) is 23.7 Å². The molecule has 0 atom stereocenters. The molecule has 2 aliphatic heterocycles. The molecule has 7 nitrogen and oxygen atoms in total. The molecule has 0 saturated carbocycles. The number of aromatic nitrogens is 1. The van der Waals surface area contributed by atoms with Crippen molar-refractivity contribution in [2.24, 2.45) is 4.99 Å². The van der Waals surface area contributed by atoms with Crippen LogP contribution in [0.5, 0.6) is 0 Å². The Labute approximate surface area is 189 Å². The highest BCUT2D eigenvalue weighted by atomic mass is 35.5. The van der Waals surface area contributed by atoms with Gasteiger partial charge in [-0.15, -0.1) is 0 Å². The largest absolute Gasteiger partial charge is 0.378 e. The number of pyridine rings is 1. The van der Waals surface area contributed by atoms with Gasteiger partial charge in [-0.25, -0.2) is 4.98 Å². The van der Waals surface area contributed by atoms with Gasteiger partial charge in [0.15, 0.2) is 5.96 Å². The summed E-state index contributed by atoms with van der Waals surface area (Å²) in [7, 11) is 1.85. The number of anilines is 2. The van der Waals surface area contributed by atoms with Crippen molar-refractivity contribution in [2.75, 3.05) is 69.3 Å². The summed E-state index contributed by atoms with van der Waals surface area (Å²) >= 11 is 6.22. The van der Waals surface area contributed by atoms with Crippen molar-refractivity contribution >= 4 is 29.1 Å². The second-order valence-electron chi connectivity index (χ2n) is 7.89. The minimum absolute atomic E-state index is 0.695. The van der Waals surface area contributed by atoms with Crippen molar-refractivity contribution in [2.45, 2.75) is 13.5 Å². The number of hydrogen-bond acceptors (Lipinski definition) is 5. The summed E-state index contributed by atoms with van der Waals surface area (Å²) in [6, 6.07) is 10.2. The van der Waals surface area contributed by atoms with Gasteiger partial charge in [0.25, 0.3) is 0 Å². The molecule has 4 rings (SSSR count). The van der Waals surface area contributed by atoms with E-state index < -0.39 is 0 Å². The average Bonchev–Trinajstić information content (AvgIpc) is 2.82. The van der Waals surface area contributed by atoms with Crippen molar-refractivity contribution in [1.82, 2.24) is 15.2 Å². The average molecular weight is 443 g/mol. The standard InChI is InChI=1S/C23H31ClN6O/c1-18-5-6-20(24)16-21(18)28-8-10-30(11-9-28)23(25-2)27-17-19-4-3-7-26-22(19)29-12-14-31-15-13-29/h3-7,16H,8-15,17H2,1-2H3,(H,25,27). The maximum atomic E-state index is 6.22. The van der Waals surface area contributed by atoms with Crippen LogP contribution in [0, 0.1) is 6.92 Å². The normalized spacial score (nSPS) is 17.8. The van der Waals surface area contributed by atoms with Crippen LogP contribution < -0.4 is 15.1 Å². The molecule has 2 aliphatic rings. The van der Waals surface area contributed by atoms with E-state index >= 15 is 0 Å². The lowest BCUT2D eigenvalue weighted by atomic mass is 10.1. The number of ether oxygens (including phenoxy) is 1. The van der Waals surface area contributed by atoms with E-state index in [0.717, 1.165) is 69.3 Å². The molecule has 0 aliphatic carbocycles. The number of halogens is 1. The fourth-order valence-electron chi connectivity index (χ4n) is 4.22. The highest BCUT2D eigenvalue weighted by Crippen LogP contribution is 2.25. The van der Waals surface area contributed by atoms with Crippen LogP contribution in [0.15, 0.2) is 41.5 Å². The van der Waals surface area contributed by atoms with E-state index in [4.69, 9.17) is 16.3 Å². The Balaban J connectivity index is 1.36. The number of piperazine rings is 1. The SMILES string of the molecule is CN=C(NCc1cccnc1N1CCOCC1)N1CCN(c2cc(Cl)ccc2C)CC1. The number of morpholine rings is 1.